The van der Waals surface area contributed by atoms with Crippen LogP contribution in [-0.4, -0.2) is 27.3 Å². The highest BCUT2D eigenvalue weighted by Crippen LogP contribution is 2.30. The zero-order chi connectivity index (χ0) is 15.5. The van der Waals surface area contributed by atoms with Crippen molar-refractivity contribution in [2.45, 2.75) is 6.61 Å². The van der Waals surface area contributed by atoms with E-state index in [1.54, 1.807) is 43.5 Å². The molecule has 0 aliphatic carbocycles. The number of phenols is 1. The fourth-order valence-corrected chi connectivity index (χ4v) is 2.22. The number of aliphatic hydroxyl groups is 1. The van der Waals surface area contributed by atoms with E-state index in [0.29, 0.717) is 22.6 Å². The van der Waals surface area contributed by atoms with Gasteiger partial charge in [0.25, 0.3) is 0 Å². The monoisotopic (exact) mass is 297 g/mol. The molecule has 0 aliphatic heterocycles. The molecule has 3 rings (SSSR count). The fraction of sp³-hybridized carbons (Fsp3) is 0.125. The third-order valence-corrected chi connectivity index (χ3v) is 3.34. The van der Waals surface area contributed by atoms with Crippen molar-refractivity contribution in [1.82, 2.24) is 9.97 Å². The van der Waals surface area contributed by atoms with Gasteiger partial charge in [-0.25, -0.2) is 9.97 Å². The summed E-state index contributed by atoms with van der Waals surface area (Å²) in [5.74, 6) is 1.41. The number of methoxy groups -OCH3 is 1. The largest absolute Gasteiger partial charge is 0.508 e. The van der Waals surface area contributed by atoms with Gasteiger partial charge in [-0.05, 0) is 36.4 Å². The van der Waals surface area contributed by atoms with Gasteiger partial charge in [-0.3, -0.25) is 0 Å². The molecule has 3 aromatic rings. The van der Waals surface area contributed by atoms with Gasteiger partial charge in [0.2, 0.25) is 0 Å². The van der Waals surface area contributed by atoms with Crippen molar-refractivity contribution in [3.63, 3.8) is 0 Å². The minimum absolute atomic E-state index is 0.121. The quantitative estimate of drug-likeness (QED) is 0.642. The number of aromatic nitrogens is 2. The molecule has 0 spiro atoms. The van der Waals surface area contributed by atoms with E-state index in [0.717, 1.165) is 11.1 Å². The van der Waals surface area contributed by atoms with Crippen molar-refractivity contribution in [3.8, 4) is 11.5 Å². The molecule has 2 aromatic carbocycles. The second-order valence-corrected chi connectivity index (χ2v) is 4.73. The Hall–Kier alpha value is -2.86. The average Bonchev–Trinajstić information content (AvgIpc) is 2.56. The van der Waals surface area contributed by atoms with Crippen LogP contribution in [-0.2, 0) is 6.61 Å². The normalized spacial score (nSPS) is 10.6. The van der Waals surface area contributed by atoms with Crippen LogP contribution in [0.3, 0.4) is 0 Å². The number of ether oxygens (including phenoxy) is 1. The maximum Gasteiger partial charge on any atom is 0.141 e. The molecule has 0 unspecified atom stereocenters. The van der Waals surface area contributed by atoms with E-state index in [4.69, 9.17) is 4.74 Å². The van der Waals surface area contributed by atoms with E-state index >= 15 is 0 Å². The molecule has 112 valence electrons. The molecular formula is C16H15N3O3. The Kier molecular flexibility index (Phi) is 3.76. The number of fused-ring (bicyclic) bond motifs is 1. The zero-order valence-electron chi connectivity index (χ0n) is 11.9. The van der Waals surface area contributed by atoms with Crippen LogP contribution in [0.25, 0.3) is 10.9 Å². The molecule has 0 bridgehead atoms. The molecule has 6 heteroatoms. The van der Waals surface area contributed by atoms with Gasteiger partial charge in [0.15, 0.2) is 0 Å². The summed E-state index contributed by atoms with van der Waals surface area (Å²) in [4.78, 5) is 8.48. The molecule has 0 radical (unpaired) electrons. The number of nitrogens with zero attached hydrogens (tertiary/aromatic N) is 2. The van der Waals surface area contributed by atoms with Crippen molar-refractivity contribution in [1.29, 1.82) is 0 Å². The maximum absolute atomic E-state index is 9.38. The molecule has 0 saturated heterocycles. The van der Waals surface area contributed by atoms with Crippen LogP contribution in [0.2, 0.25) is 0 Å². The number of aliphatic hydroxyl groups excluding tert-OH is 1. The van der Waals surface area contributed by atoms with Gasteiger partial charge in [0.1, 0.15) is 23.6 Å². The van der Waals surface area contributed by atoms with E-state index in [1.807, 2.05) is 0 Å². The molecule has 22 heavy (non-hydrogen) atoms. The summed E-state index contributed by atoms with van der Waals surface area (Å²) < 4.78 is 5.29. The number of rotatable bonds is 4. The number of aromatic hydroxyl groups is 1. The second kappa shape index (κ2) is 5.87. The summed E-state index contributed by atoms with van der Waals surface area (Å²) in [5.41, 5.74) is 2.17. The first-order valence-electron chi connectivity index (χ1n) is 6.70. The van der Waals surface area contributed by atoms with Gasteiger partial charge in [0, 0.05) is 16.6 Å². The molecule has 1 heterocycles. The number of hydrogen-bond acceptors (Lipinski definition) is 6. The van der Waals surface area contributed by atoms with Gasteiger partial charge in [0.05, 0.1) is 19.2 Å². The van der Waals surface area contributed by atoms with E-state index < -0.39 is 0 Å². The molecule has 0 aliphatic rings. The van der Waals surface area contributed by atoms with E-state index in [2.05, 4.69) is 15.3 Å². The van der Waals surface area contributed by atoms with Gasteiger partial charge in [-0.15, -0.1) is 0 Å². The molecule has 0 fully saturated rings. The molecule has 0 amide bonds. The summed E-state index contributed by atoms with van der Waals surface area (Å²) in [6, 6.07) is 10.3. The lowest BCUT2D eigenvalue weighted by Crippen LogP contribution is -1.98. The lowest BCUT2D eigenvalue weighted by atomic mass is 10.1. The average molecular weight is 297 g/mol. The van der Waals surface area contributed by atoms with Crippen molar-refractivity contribution in [3.05, 3.63) is 48.3 Å². The summed E-state index contributed by atoms with van der Waals surface area (Å²) in [5, 5.41) is 22.7. The second-order valence-electron chi connectivity index (χ2n) is 4.73. The number of benzene rings is 2. The molecule has 0 atom stereocenters. The predicted octanol–water partition coefficient (Wildman–Crippen LogP) is 2.58. The Morgan fingerprint density at radius 2 is 1.91 bits per heavy atom. The summed E-state index contributed by atoms with van der Waals surface area (Å²) in [6.07, 6.45) is 1.46. The number of phenolic OH excluding ortho intramolecular Hbond substituents is 1. The summed E-state index contributed by atoms with van der Waals surface area (Å²) in [6.45, 7) is -0.121. The van der Waals surface area contributed by atoms with Crippen LogP contribution in [0.15, 0.2) is 42.7 Å². The molecule has 6 nitrogen and oxygen atoms in total. The highest BCUT2D eigenvalue weighted by molar-refractivity contribution is 5.92. The third-order valence-electron chi connectivity index (χ3n) is 3.34. The molecule has 3 N–H and O–H groups in total. The summed E-state index contributed by atoms with van der Waals surface area (Å²) in [7, 11) is 1.55. The predicted molar refractivity (Wildman–Crippen MR) is 83.4 cm³/mol. The van der Waals surface area contributed by atoms with Crippen LogP contribution in [0.4, 0.5) is 11.5 Å². The number of nitrogens with one attached hydrogen (secondary N) is 1. The minimum Gasteiger partial charge on any atom is -0.508 e. The van der Waals surface area contributed by atoms with Gasteiger partial charge < -0.3 is 20.3 Å². The first kappa shape index (κ1) is 14.1. The molecular weight excluding hydrogens is 282 g/mol. The first-order chi connectivity index (χ1) is 10.7. The topological polar surface area (TPSA) is 87.5 Å². The van der Waals surface area contributed by atoms with Crippen LogP contribution >= 0.6 is 0 Å². The standard InChI is InChI=1S/C16H15N3O3/c1-22-15-7-13-14(6-10(15)8-20)17-9-18-16(13)19-11-2-4-12(21)5-3-11/h2-7,9,20-21H,8H2,1H3,(H,17,18,19). The Morgan fingerprint density at radius 1 is 1.14 bits per heavy atom. The molecule has 1 aromatic heterocycles. The van der Waals surface area contributed by atoms with Crippen LogP contribution in [0.1, 0.15) is 5.56 Å². The van der Waals surface area contributed by atoms with Gasteiger partial charge in [-0.2, -0.15) is 0 Å². The van der Waals surface area contributed by atoms with E-state index in [1.165, 1.54) is 6.33 Å². The van der Waals surface area contributed by atoms with Crippen molar-refractivity contribution < 1.29 is 14.9 Å². The van der Waals surface area contributed by atoms with Crippen LogP contribution < -0.4 is 10.1 Å². The van der Waals surface area contributed by atoms with Crippen LogP contribution in [0, 0.1) is 0 Å². The van der Waals surface area contributed by atoms with Crippen molar-refractivity contribution in [2.24, 2.45) is 0 Å². The van der Waals surface area contributed by atoms with Gasteiger partial charge >= 0.3 is 0 Å². The lowest BCUT2D eigenvalue weighted by Gasteiger charge is -2.11. The van der Waals surface area contributed by atoms with Crippen molar-refractivity contribution >= 4 is 22.4 Å². The number of anilines is 2. The first-order valence-corrected chi connectivity index (χ1v) is 6.70. The van der Waals surface area contributed by atoms with E-state index in [-0.39, 0.29) is 12.4 Å². The molecule has 0 saturated carbocycles. The SMILES string of the molecule is COc1cc2c(Nc3ccc(O)cc3)ncnc2cc1CO. The van der Waals surface area contributed by atoms with Crippen LogP contribution in [0.5, 0.6) is 11.5 Å². The Labute approximate surface area is 127 Å². The minimum atomic E-state index is -0.121. The maximum atomic E-state index is 9.38. The Morgan fingerprint density at radius 3 is 2.59 bits per heavy atom. The highest BCUT2D eigenvalue weighted by atomic mass is 16.5. The summed E-state index contributed by atoms with van der Waals surface area (Å²) >= 11 is 0. The highest BCUT2D eigenvalue weighted by Gasteiger charge is 2.10. The number of hydrogen-bond donors (Lipinski definition) is 3. The van der Waals surface area contributed by atoms with E-state index in [9.17, 15) is 10.2 Å². The third kappa shape index (κ3) is 2.64. The Balaban J connectivity index is 2.07. The fourth-order valence-electron chi connectivity index (χ4n) is 2.22. The zero-order valence-corrected chi connectivity index (χ0v) is 11.9. The smallest absolute Gasteiger partial charge is 0.141 e. The lowest BCUT2D eigenvalue weighted by molar-refractivity contribution is 0.274. The van der Waals surface area contributed by atoms with Crippen molar-refractivity contribution in [2.75, 3.05) is 12.4 Å². The Bertz CT molecular complexity index is 804. The van der Waals surface area contributed by atoms with Gasteiger partial charge in [-0.1, -0.05) is 0 Å².